The highest BCUT2D eigenvalue weighted by Crippen LogP contribution is 2.17. The summed E-state index contributed by atoms with van der Waals surface area (Å²) in [6, 6.07) is -0.771. The number of nitrogens with zero attached hydrogens (tertiary/aromatic N) is 1. The molecule has 0 radical (unpaired) electrons. The minimum atomic E-state index is -0.418. The third-order valence-electron chi connectivity index (χ3n) is 3.58. The van der Waals surface area contributed by atoms with Crippen LogP contribution in [0, 0.1) is 5.92 Å². The molecule has 0 aromatic carbocycles. The Morgan fingerprint density at radius 3 is 2.50 bits per heavy atom. The van der Waals surface area contributed by atoms with Gasteiger partial charge in [0.15, 0.2) is 0 Å². The van der Waals surface area contributed by atoms with E-state index in [9.17, 15) is 9.59 Å². The second-order valence-corrected chi connectivity index (χ2v) is 5.77. The standard InChI is InChI=1S/C15H28N2O3/c1-5-6-9-20-10-7-8-17-13(11(2)3)14(18)16-12(4)15(17)19/h11-13H,5-10H2,1-4H3,(H,16,18). The number of ether oxygens (including phenoxy) is 1. The van der Waals surface area contributed by atoms with Crippen LogP contribution in [0.3, 0.4) is 0 Å². The van der Waals surface area contributed by atoms with E-state index >= 15 is 0 Å². The Bertz CT molecular complexity index is 331. The molecule has 1 saturated heterocycles. The zero-order valence-corrected chi connectivity index (χ0v) is 13.1. The summed E-state index contributed by atoms with van der Waals surface area (Å²) in [5.41, 5.74) is 0. The Kier molecular flexibility index (Phi) is 6.99. The van der Waals surface area contributed by atoms with Crippen LogP contribution < -0.4 is 5.32 Å². The summed E-state index contributed by atoms with van der Waals surface area (Å²) in [6.45, 7) is 9.81. The number of carbonyl (C=O) groups is 2. The molecule has 0 saturated carbocycles. The first-order chi connectivity index (χ1) is 9.49. The molecule has 5 heteroatoms. The molecule has 0 aromatic rings. The summed E-state index contributed by atoms with van der Waals surface area (Å²) >= 11 is 0. The van der Waals surface area contributed by atoms with Crippen molar-refractivity contribution < 1.29 is 14.3 Å². The van der Waals surface area contributed by atoms with Crippen LogP contribution in [0.2, 0.25) is 0 Å². The second-order valence-electron chi connectivity index (χ2n) is 5.77. The first-order valence-electron chi connectivity index (χ1n) is 7.67. The van der Waals surface area contributed by atoms with Crippen molar-refractivity contribution in [3.05, 3.63) is 0 Å². The van der Waals surface area contributed by atoms with E-state index in [2.05, 4.69) is 12.2 Å². The van der Waals surface area contributed by atoms with Crippen molar-refractivity contribution in [1.29, 1.82) is 0 Å². The minimum absolute atomic E-state index is 0.0110. The van der Waals surface area contributed by atoms with Gasteiger partial charge in [-0.25, -0.2) is 0 Å². The van der Waals surface area contributed by atoms with Crippen molar-refractivity contribution in [2.75, 3.05) is 19.8 Å². The lowest BCUT2D eigenvalue weighted by atomic mass is 9.97. The van der Waals surface area contributed by atoms with Gasteiger partial charge in [0.25, 0.3) is 0 Å². The fraction of sp³-hybridized carbons (Fsp3) is 0.867. The predicted octanol–water partition coefficient (Wildman–Crippen LogP) is 1.56. The molecule has 20 heavy (non-hydrogen) atoms. The SMILES string of the molecule is CCCCOCCCN1C(=O)C(C)NC(=O)C1C(C)C. The number of carbonyl (C=O) groups excluding carboxylic acids is 2. The molecule has 2 atom stereocenters. The molecule has 2 unspecified atom stereocenters. The first kappa shape index (κ1) is 17.0. The zero-order chi connectivity index (χ0) is 15.1. The van der Waals surface area contributed by atoms with Gasteiger partial charge in [0.1, 0.15) is 12.1 Å². The molecule has 1 N–H and O–H groups in total. The number of hydrogen-bond donors (Lipinski definition) is 1. The highest BCUT2D eigenvalue weighted by Gasteiger charge is 2.39. The van der Waals surface area contributed by atoms with Gasteiger partial charge < -0.3 is 15.0 Å². The van der Waals surface area contributed by atoms with Crippen molar-refractivity contribution in [3.8, 4) is 0 Å². The third kappa shape index (κ3) is 4.47. The monoisotopic (exact) mass is 284 g/mol. The number of piperazine rings is 1. The van der Waals surface area contributed by atoms with Crippen LogP contribution in [0.25, 0.3) is 0 Å². The molecule has 0 bridgehead atoms. The van der Waals surface area contributed by atoms with E-state index in [-0.39, 0.29) is 23.8 Å². The number of nitrogens with one attached hydrogen (secondary N) is 1. The van der Waals surface area contributed by atoms with E-state index in [4.69, 9.17) is 4.74 Å². The number of rotatable bonds is 8. The maximum atomic E-state index is 12.2. The van der Waals surface area contributed by atoms with Crippen LogP contribution in [0.15, 0.2) is 0 Å². The number of amides is 2. The average molecular weight is 284 g/mol. The number of unbranched alkanes of at least 4 members (excludes halogenated alkanes) is 1. The van der Waals surface area contributed by atoms with E-state index in [0.717, 1.165) is 25.9 Å². The minimum Gasteiger partial charge on any atom is -0.381 e. The summed E-state index contributed by atoms with van der Waals surface area (Å²) in [4.78, 5) is 26.0. The molecule has 1 fully saturated rings. The molecule has 1 rings (SSSR count). The second kappa shape index (κ2) is 8.25. The molecule has 1 aliphatic heterocycles. The molecular weight excluding hydrogens is 256 g/mol. The van der Waals surface area contributed by atoms with Crippen LogP contribution >= 0.6 is 0 Å². The average Bonchev–Trinajstić information content (AvgIpc) is 2.38. The van der Waals surface area contributed by atoms with Crippen LogP contribution in [-0.4, -0.2) is 48.6 Å². The van der Waals surface area contributed by atoms with Crippen molar-refractivity contribution in [2.24, 2.45) is 5.92 Å². The van der Waals surface area contributed by atoms with E-state index in [1.165, 1.54) is 0 Å². The summed E-state index contributed by atoms with van der Waals surface area (Å²) in [5, 5.41) is 2.75. The molecule has 116 valence electrons. The van der Waals surface area contributed by atoms with Crippen molar-refractivity contribution in [2.45, 2.75) is 59.0 Å². The van der Waals surface area contributed by atoms with Gasteiger partial charge in [-0.15, -0.1) is 0 Å². The first-order valence-corrected chi connectivity index (χ1v) is 7.67. The summed E-state index contributed by atoms with van der Waals surface area (Å²) in [5.74, 6) is 0.0864. The maximum Gasteiger partial charge on any atom is 0.245 e. The lowest BCUT2D eigenvalue weighted by molar-refractivity contribution is -0.150. The molecule has 0 aliphatic carbocycles. The normalized spacial score (nSPS) is 23.4. The van der Waals surface area contributed by atoms with Gasteiger partial charge in [0, 0.05) is 19.8 Å². The van der Waals surface area contributed by atoms with Crippen LogP contribution in [0.5, 0.6) is 0 Å². The Balaban J connectivity index is 2.49. The van der Waals surface area contributed by atoms with Crippen LogP contribution in [-0.2, 0) is 14.3 Å². The lowest BCUT2D eigenvalue weighted by Crippen LogP contribution is -2.64. The Labute approximate surface area is 122 Å². The van der Waals surface area contributed by atoms with Gasteiger partial charge in [0.05, 0.1) is 0 Å². The van der Waals surface area contributed by atoms with Gasteiger partial charge >= 0.3 is 0 Å². The summed E-state index contributed by atoms with van der Waals surface area (Å²) in [6.07, 6.45) is 2.97. The van der Waals surface area contributed by atoms with Gasteiger partial charge in [-0.1, -0.05) is 27.2 Å². The van der Waals surface area contributed by atoms with Gasteiger partial charge in [0.2, 0.25) is 11.8 Å². The molecule has 1 heterocycles. The molecular formula is C15H28N2O3. The Morgan fingerprint density at radius 2 is 1.90 bits per heavy atom. The lowest BCUT2D eigenvalue weighted by Gasteiger charge is -2.40. The van der Waals surface area contributed by atoms with E-state index in [1.807, 2.05) is 13.8 Å². The smallest absolute Gasteiger partial charge is 0.245 e. The van der Waals surface area contributed by atoms with Crippen molar-refractivity contribution >= 4 is 11.8 Å². The van der Waals surface area contributed by atoms with Crippen LogP contribution in [0.1, 0.15) is 47.0 Å². The van der Waals surface area contributed by atoms with Gasteiger partial charge in [-0.05, 0) is 25.7 Å². The quantitative estimate of drug-likeness (QED) is 0.688. The molecule has 0 aromatic heterocycles. The summed E-state index contributed by atoms with van der Waals surface area (Å²) < 4.78 is 5.51. The molecule has 0 spiro atoms. The van der Waals surface area contributed by atoms with E-state index in [0.29, 0.717) is 13.2 Å². The molecule has 1 aliphatic rings. The largest absolute Gasteiger partial charge is 0.381 e. The molecule has 5 nitrogen and oxygen atoms in total. The summed E-state index contributed by atoms with van der Waals surface area (Å²) in [7, 11) is 0. The fourth-order valence-electron chi connectivity index (χ4n) is 2.49. The number of hydrogen-bond acceptors (Lipinski definition) is 3. The van der Waals surface area contributed by atoms with E-state index in [1.54, 1.807) is 11.8 Å². The van der Waals surface area contributed by atoms with E-state index < -0.39 is 6.04 Å². The van der Waals surface area contributed by atoms with Crippen molar-refractivity contribution in [1.82, 2.24) is 10.2 Å². The fourth-order valence-corrected chi connectivity index (χ4v) is 2.49. The van der Waals surface area contributed by atoms with Gasteiger partial charge in [-0.2, -0.15) is 0 Å². The van der Waals surface area contributed by atoms with Crippen LogP contribution in [0.4, 0.5) is 0 Å². The highest BCUT2D eigenvalue weighted by atomic mass is 16.5. The topological polar surface area (TPSA) is 58.6 Å². The maximum absolute atomic E-state index is 12.2. The molecule has 2 amide bonds. The zero-order valence-electron chi connectivity index (χ0n) is 13.1. The third-order valence-corrected chi connectivity index (χ3v) is 3.58. The predicted molar refractivity (Wildman–Crippen MR) is 78.3 cm³/mol. The highest BCUT2D eigenvalue weighted by molar-refractivity contribution is 5.96. The Morgan fingerprint density at radius 1 is 1.25 bits per heavy atom. The Hall–Kier alpha value is -1.10. The van der Waals surface area contributed by atoms with Gasteiger partial charge in [-0.3, -0.25) is 9.59 Å². The van der Waals surface area contributed by atoms with Crippen molar-refractivity contribution in [3.63, 3.8) is 0 Å².